The lowest BCUT2D eigenvalue weighted by molar-refractivity contribution is 0.00578. The zero-order valence-electron chi connectivity index (χ0n) is 15.6. The van der Waals surface area contributed by atoms with Crippen molar-refractivity contribution in [2.45, 2.75) is 51.9 Å². The minimum absolute atomic E-state index is 0.0920. The summed E-state index contributed by atoms with van der Waals surface area (Å²) < 4.78 is 26.5. The molecule has 2 fully saturated rings. The zero-order chi connectivity index (χ0) is 18.4. The minimum Gasteiger partial charge on any atom is -0.399 e. The normalized spacial score (nSPS) is 25.3. The molecule has 5 nitrogen and oxygen atoms in total. The van der Waals surface area contributed by atoms with E-state index in [0.29, 0.717) is 18.6 Å². The van der Waals surface area contributed by atoms with E-state index in [0.717, 1.165) is 6.54 Å². The molecule has 1 N–H and O–H groups in total. The van der Waals surface area contributed by atoms with E-state index in [9.17, 15) is 9.18 Å². The number of piperazine rings is 1. The fourth-order valence-electron chi connectivity index (χ4n) is 3.12. The summed E-state index contributed by atoms with van der Waals surface area (Å²) in [5.74, 6) is -0.810. The fourth-order valence-corrected chi connectivity index (χ4v) is 3.12. The first-order valence-electron chi connectivity index (χ1n) is 8.78. The highest BCUT2D eigenvalue weighted by Crippen LogP contribution is 2.36. The predicted molar refractivity (Wildman–Crippen MR) is 95.5 cm³/mol. The van der Waals surface area contributed by atoms with Crippen LogP contribution >= 0.6 is 0 Å². The van der Waals surface area contributed by atoms with Crippen LogP contribution in [-0.4, -0.2) is 54.8 Å². The highest BCUT2D eigenvalue weighted by molar-refractivity contribution is 6.62. The maximum absolute atomic E-state index is 14.6. The van der Waals surface area contributed by atoms with Gasteiger partial charge in [0, 0.05) is 25.7 Å². The molecular formula is C18H26BFN2O3. The van der Waals surface area contributed by atoms with E-state index in [1.165, 1.54) is 12.1 Å². The Hall–Kier alpha value is -1.44. The molecule has 3 rings (SSSR count). The molecule has 1 atom stereocenters. The average Bonchev–Trinajstić information content (AvgIpc) is 2.75. The van der Waals surface area contributed by atoms with E-state index in [-0.39, 0.29) is 17.5 Å². The maximum Gasteiger partial charge on any atom is 0.494 e. The van der Waals surface area contributed by atoms with Crippen LogP contribution in [0, 0.1) is 5.82 Å². The third-order valence-electron chi connectivity index (χ3n) is 5.40. The van der Waals surface area contributed by atoms with Crippen LogP contribution in [0.2, 0.25) is 0 Å². The molecule has 2 saturated heterocycles. The first-order valence-corrected chi connectivity index (χ1v) is 8.78. The Kier molecular flexibility index (Phi) is 4.68. The van der Waals surface area contributed by atoms with Gasteiger partial charge in [0.1, 0.15) is 5.82 Å². The second-order valence-electron chi connectivity index (χ2n) is 7.93. The van der Waals surface area contributed by atoms with Gasteiger partial charge in [0.25, 0.3) is 5.91 Å². The van der Waals surface area contributed by atoms with Gasteiger partial charge in [-0.1, -0.05) is 6.07 Å². The SMILES string of the molecule is CC1CN(C(=O)c2ccc(B3OC(C)(C)C(C)(C)O3)cc2F)CCN1. The van der Waals surface area contributed by atoms with E-state index < -0.39 is 24.1 Å². The van der Waals surface area contributed by atoms with Crippen molar-refractivity contribution in [1.29, 1.82) is 0 Å². The van der Waals surface area contributed by atoms with Gasteiger partial charge in [-0.3, -0.25) is 4.79 Å². The summed E-state index contributed by atoms with van der Waals surface area (Å²) in [7, 11) is -0.636. The summed E-state index contributed by atoms with van der Waals surface area (Å²) in [6, 6.07) is 4.81. The lowest BCUT2D eigenvalue weighted by Gasteiger charge is -2.32. The Bertz CT molecular complexity index is 664. The van der Waals surface area contributed by atoms with Gasteiger partial charge in [-0.2, -0.15) is 0 Å². The van der Waals surface area contributed by atoms with Gasteiger partial charge in [0.15, 0.2) is 0 Å². The van der Waals surface area contributed by atoms with Crippen LogP contribution in [0.15, 0.2) is 18.2 Å². The van der Waals surface area contributed by atoms with E-state index >= 15 is 0 Å². The van der Waals surface area contributed by atoms with Crippen molar-refractivity contribution in [3.8, 4) is 0 Å². The molecule has 1 amide bonds. The number of nitrogens with one attached hydrogen (secondary N) is 1. The summed E-state index contributed by atoms with van der Waals surface area (Å²) in [4.78, 5) is 14.3. The molecule has 0 radical (unpaired) electrons. The van der Waals surface area contributed by atoms with Crippen LogP contribution in [0.3, 0.4) is 0 Å². The number of carbonyl (C=O) groups excluding carboxylic acids is 1. The van der Waals surface area contributed by atoms with Gasteiger partial charge >= 0.3 is 7.12 Å². The summed E-state index contributed by atoms with van der Waals surface area (Å²) in [5.41, 5.74) is -0.296. The third-order valence-corrected chi connectivity index (χ3v) is 5.40. The van der Waals surface area contributed by atoms with Gasteiger partial charge in [-0.05, 0) is 52.2 Å². The van der Waals surface area contributed by atoms with Crippen LogP contribution in [0.25, 0.3) is 0 Å². The first-order chi connectivity index (χ1) is 11.6. The van der Waals surface area contributed by atoms with Crippen molar-refractivity contribution >= 4 is 18.5 Å². The first kappa shape index (κ1) is 18.4. The van der Waals surface area contributed by atoms with Crippen LogP contribution in [0.1, 0.15) is 45.0 Å². The van der Waals surface area contributed by atoms with E-state index in [1.54, 1.807) is 11.0 Å². The fraction of sp³-hybridized carbons (Fsp3) is 0.611. The molecule has 2 aliphatic rings. The number of carbonyl (C=O) groups is 1. The maximum atomic E-state index is 14.6. The van der Waals surface area contributed by atoms with Crippen LogP contribution in [0.4, 0.5) is 4.39 Å². The van der Waals surface area contributed by atoms with Crippen LogP contribution in [0.5, 0.6) is 0 Å². The summed E-state index contributed by atoms with van der Waals surface area (Å²) in [5, 5.41) is 3.27. The van der Waals surface area contributed by atoms with E-state index in [4.69, 9.17) is 9.31 Å². The number of benzene rings is 1. The van der Waals surface area contributed by atoms with Crippen molar-refractivity contribution < 1.29 is 18.5 Å². The van der Waals surface area contributed by atoms with Gasteiger partial charge in [0.05, 0.1) is 16.8 Å². The molecule has 7 heteroatoms. The van der Waals surface area contributed by atoms with Crippen molar-refractivity contribution in [2.75, 3.05) is 19.6 Å². The van der Waals surface area contributed by atoms with Crippen LogP contribution in [-0.2, 0) is 9.31 Å². The van der Waals surface area contributed by atoms with Crippen molar-refractivity contribution in [2.24, 2.45) is 0 Å². The second-order valence-corrected chi connectivity index (χ2v) is 7.93. The lowest BCUT2D eigenvalue weighted by Crippen LogP contribution is -2.51. The van der Waals surface area contributed by atoms with Gasteiger partial charge in [0.2, 0.25) is 0 Å². The van der Waals surface area contributed by atoms with Gasteiger partial charge in [-0.25, -0.2) is 4.39 Å². The predicted octanol–water partition coefficient (Wildman–Crippen LogP) is 1.56. The van der Waals surface area contributed by atoms with E-state index in [2.05, 4.69) is 5.32 Å². The largest absolute Gasteiger partial charge is 0.494 e. The Labute approximate surface area is 149 Å². The van der Waals surface area contributed by atoms with Gasteiger partial charge in [-0.15, -0.1) is 0 Å². The highest BCUT2D eigenvalue weighted by atomic mass is 19.1. The molecule has 25 heavy (non-hydrogen) atoms. The molecule has 1 aromatic rings. The van der Waals surface area contributed by atoms with Crippen molar-refractivity contribution in [3.05, 3.63) is 29.6 Å². The molecule has 0 bridgehead atoms. The average molecular weight is 348 g/mol. The quantitative estimate of drug-likeness (QED) is 0.825. The van der Waals surface area contributed by atoms with E-state index in [1.807, 2.05) is 34.6 Å². The molecule has 2 heterocycles. The molecule has 1 unspecified atom stereocenters. The molecule has 0 aromatic heterocycles. The third kappa shape index (κ3) is 3.45. The molecular weight excluding hydrogens is 322 g/mol. The molecule has 0 saturated carbocycles. The topological polar surface area (TPSA) is 50.8 Å². The molecule has 136 valence electrons. The molecule has 0 spiro atoms. The summed E-state index contributed by atoms with van der Waals surface area (Å²) in [6.45, 7) is 11.7. The molecule has 0 aliphatic carbocycles. The second kappa shape index (κ2) is 6.38. The summed E-state index contributed by atoms with van der Waals surface area (Å²) >= 11 is 0. The number of halogens is 1. The van der Waals surface area contributed by atoms with Crippen molar-refractivity contribution in [3.63, 3.8) is 0 Å². The van der Waals surface area contributed by atoms with Gasteiger partial charge < -0.3 is 19.5 Å². The number of hydrogen-bond donors (Lipinski definition) is 1. The Morgan fingerprint density at radius 2 is 1.92 bits per heavy atom. The molecule has 2 aliphatic heterocycles. The zero-order valence-corrected chi connectivity index (χ0v) is 15.6. The number of rotatable bonds is 2. The highest BCUT2D eigenvalue weighted by Gasteiger charge is 2.51. The molecule has 1 aromatic carbocycles. The standard InChI is InChI=1S/C18H26BFN2O3/c1-12-11-22(9-8-21-12)16(23)14-7-6-13(10-15(14)20)19-24-17(2,3)18(4,5)25-19/h6-7,10,12,21H,8-9,11H2,1-5H3. The Morgan fingerprint density at radius 1 is 1.28 bits per heavy atom. The monoisotopic (exact) mass is 348 g/mol. The van der Waals surface area contributed by atoms with Crippen molar-refractivity contribution in [1.82, 2.24) is 10.2 Å². The Balaban J connectivity index is 1.79. The smallest absolute Gasteiger partial charge is 0.399 e. The number of nitrogens with zero attached hydrogens (tertiary/aromatic N) is 1. The summed E-state index contributed by atoms with van der Waals surface area (Å²) in [6.07, 6.45) is 0. The van der Waals surface area contributed by atoms with Crippen LogP contribution < -0.4 is 10.8 Å². The number of amides is 1. The lowest BCUT2D eigenvalue weighted by atomic mass is 9.78. The number of hydrogen-bond acceptors (Lipinski definition) is 4. The Morgan fingerprint density at radius 3 is 2.48 bits per heavy atom. The minimum atomic E-state index is -0.636.